The van der Waals surface area contributed by atoms with Crippen molar-refractivity contribution in [1.82, 2.24) is 9.80 Å². The molecule has 2 saturated heterocycles. The summed E-state index contributed by atoms with van der Waals surface area (Å²) in [6.45, 7) is 10.6. The summed E-state index contributed by atoms with van der Waals surface area (Å²) in [5, 5.41) is 22.1. The van der Waals surface area contributed by atoms with Crippen LogP contribution in [-0.4, -0.2) is 77.0 Å². The van der Waals surface area contributed by atoms with Crippen LogP contribution in [-0.2, 0) is 36.7 Å². The number of ether oxygens (including phenoxy) is 2. The second-order valence-electron chi connectivity index (χ2n) is 13.7. The lowest BCUT2D eigenvalue weighted by Crippen LogP contribution is -2.63. The fraction of sp³-hybridized carbons (Fsp3) is 0.485. The van der Waals surface area contributed by atoms with Gasteiger partial charge in [-0.15, -0.1) is 11.8 Å². The highest BCUT2D eigenvalue weighted by molar-refractivity contribution is 7.99. The van der Waals surface area contributed by atoms with E-state index in [2.05, 4.69) is 33.9 Å². The van der Waals surface area contributed by atoms with Crippen LogP contribution in [0.5, 0.6) is 0 Å². The number of benzene rings is 2. The van der Waals surface area contributed by atoms with Gasteiger partial charge in [0.05, 0.1) is 33.7 Å². The Hall–Kier alpha value is -4.28. The number of nitro benzene ring substituents is 2. The molecule has 14 nitrogen and oxygen atoms in total. The predicted octanol–water partition coefficient (Wildman–Crippen LogP) is 5.41. The normalized spacial score (nSPS) is 21.0. The van der Waals surface area contributed by atoms with Gasteiger partial charge < -0.3 is 18.8 Å². The molecule has 0 unspecified atom stereocenters. The lowest BCUT2D eigenvalue weighted by atomic mass is 9.66. The standard InChI is InChI=1S/C33H40N4O10SSi/c1-33(2,3)25(17-47-49(4)5)28-26-14-24(27-18-48-19-34(27)32(40)46-16-21-8-12-23(13-9-21)37(43)44)29(35(26)30(28)38)31(39)45-15-20-6-10-22(11-7-20)36(41)42/h6-13,25-28,49H,14-19H2,1-5H3/t25-,26-,27+,28+/m1/s1. The third-order valence-electron chi connectivity index (χ3n) is 9.14. The number of non-ortho nitro benzene ring substituents is 2. The maximum absolute atomic E-state index is 14.0. The van der Waals surface area contributed by atoms with E-state index in [0.717, 1.165) is 0 Å². The van der Waals surface area contributed by atoms with Crippen LogP contribution in [0.25, 0.3) is 0 Å². The molecule has 0 aliphatic carbocycles. The van der Waals surface area contributed by atoms with Crippen LogP contribution in [0.4, 0.5) is 16.2 Å². The molecular formula is C33H40N4O10SSi. The summed E-state index contributed by atoms with van der Waals surface area (Å²) in [7, 11) is -1.38. The zero-order valence-corrected chi connectivity index (χ0v) is 30.0. The van der Waals surface area contributed by atoms with Crippen molar-refractivity contribution in [2.45, 2.75) is 65.6 Å². The van der Waals surface area contributed by atoms with Gasteiger partial charge >= 0.3 is 12.1 Å². The first kappa shape index (κ1) is 36.0. The van der Waals surface area contributed by atoms with E-state index in [1.165, 1.54) is 70.1 Å². The van der Waals surface area contributed by atoms with Gasteiger partial charge in [-0.3, -0.25) is 29.9 Å². The topological polar surface area (TPSA) is 172 Å². The van der Waals surface area contributed by atoms with Crippen LogP contribution >= 0.6 is 11.8 Å². The van der Waals surface area contributed by atoms with Crippen molar-refractivity contribution in [2.24, 2.45) is 17.3 Å². The Labute approximate surface area is 289 Å². The van der Waals surface area contributed by atoms with E-state index in [0.29, 0.717) is 41.4 Å². The molecule has 0 bridgehead atoms. The van der Waals surface area contributed by atoms with Gasteiger partial charge in [-0.2, -0.15) is 0 Å². The molecule has 49 heavy (non-hydrogen) atoms. The monoisotopic (exact) mass is 712 g/mol. The average Bonchev–Trinajstić information content (AvgIpc) is 3.67. The molecule has 0 saturated carbocycles. The molecule has 2 aromatic carbocycles. The van der Waals surface area contributed by atoms with E-state index in [4.69, 9.17) is 13.9 Å². The summed E-state index contributed by atoms with van der Waals surface area (Å²) in [6.07, 6.45) is -0.235. The number of fused-ring (bicyclic) bond motifs is 1. The van der Waals surface area contributed by atoms with Crippen molar-refractivity contribution in [3.05, 3.63) is 91.2 Å². The van der Waals surface area contributed by atoms with Crippen molar-refractivity contribution in [1.29, 1.82) is 0 Å². The van der Waals surface area contributed by atoms with E-state index < -0.39 is 37.0 Å². The summed E-state index contributed by atoms with van der Waals surface area (Å²) in [6, 6.07) is 10.5. The molecule has 2 aromatic rings. The van der Waals surface area contributed by atoms with Crippen LogP contribution in [0.3, 0.4) is 0 Å². The molecular weight excluding hydrogens is 673 g/mol. The molecule has 5 rings (SSSR count). The Bertz CT molecular complexity index is 1640. The number of carbonyl (C=O) groups is 3. The number of nitro groups is 2. The average molecular weight is 713 g/mol. The third kappa shape index (κ3) is 7.81. The first-order valence-electron chi connectivity index (χ1n) is 16.0. The van der Waals surface area contributed by atoms with Crippen LogP contribution in [0, 0.1) is 37.5 Å². The van der Waals surface area contributed by atoms with E-state index in [1.54, 1.807) is 0 Å². The number of amides is 2. The predicted molar refractivity (Wildman–Crippen MR) is 183 cm³/mol. The van der Waals surface area contributed by atoms with E-state index >= 15 is 0 Å². The van der Waals surface area contributed by atoms with E-state index in [9.17, 15) is 34.6 Å². The maximum Gasteiger partial charge on any atom is 0.411 e. The van der Waals surface area contributed by atoms with Gasteiger partial charge in [0, 0.05) is 36.6 Å². The number of hydrogen-bond acceptors (Lipinski definition) is 11. The largest absolute Gasteiger partial charge is 0.456 e. The summed E-state index contributed by atoms with van der Waals surface area (Å²) >= 11 is 1.50. The third-order valence-corrected chi connectivity index (χ3v) is 11.0. The van der Waals surface area contributed by atoms with Gasteiger partial charge in [0.1, 0.15) is 18.9 Å². The highest BCUT2D eigenvalue weighted by Crippen LogP contribution is 2.51. The molecule has 0 radical (unpaired) electrons. The van der Waals surface area contributed by atoms with Crippen molar-refractivity contribution < 1.29 is 38.1 Å². The van der Waals surface area contributed by atoms with Gasteiger partial charge in [0.25, 0.3) is 11.4 Å². The lowest BCUT2D eigenvalue weighted by Gasteiger charge is -2.50. The first-order valence-corrected chi connectivity index (χ1v) is 19.9. The zero-order chi connectivity index (χ0) is 35.6. The number of carbonyl (C=O) groups excluding carboxylic acids is 3. The van der Waals surface area contributed by atoms with Crippen molar-refractivity contribution in [3.63, 3.8) is 0 Å². The molecule has 0 spiro atoms. The highest BCUT2D eigenvalue weighted by atomic mass is 32.2. The Morgan fingerprint density at radius 2 is 1.51 bits per heavy atom. The fourth-order valence-electron chi connectivity index (χ4n) is 6.47. The van der Waals surface area contributed by atoms with Crippen molar-refractivity contribution in [2.75, 3.05) is 18.2 Å². The summed E-state index contributed by atoms with van der Waals surface area (Å²) < 4.78 is 17.4. The van der Waals surface area contributed by atoms with E-state index in [-0.39, 0.29) is 59.5 Å². The van der Waals surface area contributed by atoms with Gasteiger partial charge in [0.2, 0.25) is 5.91 Å². The Morgan fingerprint density at radius 1 is 0.959 bits per heavy atom. The number of thioether (sulfide) groups is 1. The molecule has 262 valence electrons. The lowest BCUT2D eigenvalue weighted by molar-refractivity contribution is -0.385. The summed E-state index contributed by atoms with van der Waals surface area (Å²) in [5.74, 6) is -0.609. The SMILES string of the molecule is C[SiH](C)OC[C@H]([C@@H]1C(=O)N2C(C(=O)OCc3ccc([N+](=O)[O-])cc3)=C([C@@H]3CSCN3C(=O)OCc3ccc([N+](=O)[O-])cc3)C[C@H]12)C(C)(C)C. The number of esters is 1. The minimum absolute atomic E-state index is 0.0729. The zero-order valence-electron chi connectivity index (χ0n) is 28.0. The molecule has 3 aliphatic heterocycles. The minimum atomic E-state index is -1.38. The Kier molecular flexibility index (Phi) is 10.8. The molecule has 0 N–H and O–H groups in total. The molecule has 0 aromatic heterocycles. The van der Waals surface area contributed by atoms with Crippen molar-refractivity contribution >= 4 is 50.1 Å². The van der Waals surface area contributed by atoms with Gasteiger partial charge in [-0.1, -0.05) is 20.8 Å². The molecule has 4 atom stereocenters. The minimum Gasteiger partial charge on any atom is -0.456 e. The van der Waals surface area contributed by atoms with Gasteiger partial charge in [-0.05, 0) is 71.8 Å². The second kappa shape index (κ2) is 14.7. The quantitative estimate of drug-likeness (QED) is 0.0907. The van der Waals surface area contributed by atoms with Crippen LogP contribution in [0.1, 0.15) is 38.3 Å². The number of rotatable bonds is 12. The Morgan fingerprint density at radius 3 is 2.02 bits per heavy atom. The fourth-order valence-corrected chi connectivity index (χ4v) is 8.26. The number of β-lactam (4-membered cyclic amide) rings is 1. The number of nitrogens with zero attached hydrogens (tertiary/aromatic N) is 4. The van der Waals surface area contributed by atoms with Gasteiger partial charge in [0.15, 0.2) is 9.04 Å². The molecule has 16 heteroatoms. The van der Waals surface area contributed by atoms with Crippen LogP contribution in [0.15, 0.2) is 59.8 Å². The molecule has 2 amide bonds. The maximum atomic E-state index is 14.0. The van der Waals surface area contributed by atoms with Crippen molar-refractivity contribution in [3.8, 4) is 0 Å². The van der Waals surface area contributed by atoms with Crippen LogP contribution < -0.4 is 0 Å². The summed E-state index contributed by atoms with van der Waals surface area (Å²) in [4.78, 5) is 65.4. The molecule has 3 heterocycles. The van der Waals surface area contributed by atoms with E-state index in [1.807, 2.05) is 0 Å². The second-order valence-corrected chi connectivity index (χ2v) is 17.1. The van der Waals surface area contributed by atoms with Crippen LogP contribution in [0.2, 0.25) is 13.1 Å². The number of hydrogen-bond donors (Lipinski definition) is 0. The first-order chi connectivity index (χ1) is 23.2. The molecule has 2 fully saturated rings. The Balaban J connectivity index is 1.39. The highest BCUT2D eigenvalue weighted by Gasteiger charge is 2.60. The summed E-state index contributed by atoms with van der Waals surface area (Å²) in [5.41, 5.74) is 1.45. The molecule has 3 aliphatic rings. The smallest absolute Gasteiger partial charge is 0.411 e. The van der Waals surface area contributed by atoms with Gasteiger partial charge in [-0.25, -0.2) is 9.59 Å².